The van der Waals surface area contributed by atoms with E-state index >= 15 is 0 Å². The molecule has 7 heteroatoms. The first-order chi connectivity index (χ1) is 15.0. The predicted octanol–water partition coefficient (Wildman–Crippen LogP) is 5.14. The first-order valence-electron chi connectivity index (χ1n) is 9.55. The van der Waals surface area contributed by atoms with E-state index in [1.54, 1.807) is 38.3 Å². The lowest BCUT2D eigenvalue weighted by atomic mass is 10.1. The summed E-state index contributed by atoms with van der Waals surface area (Å²) in [5.74, 6) is 0.750. The highest BCUT2D eigenvalue weighted by molar-refractivity contribution is 6.02. The van der Waals surface area contributed by atoms with Crippen molar-refractivity contribution in [3.05, 3.63) is 99.6 Å². The van der Waals surface area contributed by atoms with Crippen LogP contribution >= 0.6 is 0 Å². The van der Waals surface area contributed by atoms with Crippen LogP contribution in [0.2, 0.25) is 0 Å². The molecule has 3 rings (SSSR count). The SMILES string of the molecule is COc1cc(C=CC(=O)Nc2cc([N+](=O)[O-])ccc2C)ccc1OCc1ccccc1. The molecule has 31 heavy (non-hydrogen) atoms. The molecule has 0 unspecified atom stereocenters. The van der Waals surface area contributed by atoms with Crippen molar-refractivity contribution in [1.82, 2.24) is 0 Å². The van der Waals surface area contributed by atoms with E-state index in [9.17, 15) is 14.9 Å². The number of anilines is 1. The van der Waals surface area contributed by atoms with Crippen LogP contribution in [0.1, 0.15) is 16.7 Å². The molecule has 0 spiro atoms. The summed E-state index contributed by atoms with van der Waals surface area (Å²) in [6.07, 6.45) is 2.99. The number of hydrogen-bond donors (Lipinski definition) is 1. The van der Waals surface area contributed by atoms with E-state index in [1.807, 2.05) is 36.4 Å². The lowest BCUT2D eigenvalue weighted by Gasteiger charge is -2.11. The van der Waals surface area contributed by atoms with Crippen LogP contribution in [0.4, 0.5) is 11.4 Å². The standard InChI is InChI=1S/C24H22N2O5/c1-17-8-11-20(26(28)29)15-21(17)25-24(27)13-10-18-9-12-22(23(14-18)30-2)31-16-19-6-4-3-5-7-19/h3-15H,16H2,1-2H3,(H,25,27). The van der Waals surface area contributed by atoms with Crippen LogP contribution in [-0.4, -0.2) is 17.9 Å². The van der Waals surface area contributed by atoms with Gasteiger partial charge in [0, 0.05) is 18.2 Å². The number of non-ortho nitro benzene ring substituents is 1. The van der Waals surface area contributed by atoms with Gasteiger partial charge in [0.1, 0.15) is 6.61 Å². The maximum absolute atomic E-state index is 12.3. The van der Waals surface area contributed by atoms with Gasteiger partial charge < -0.3 is 14.8 Å². The summed E-state index contributed by atoms with van der Waals surface area (Å²) in [6.45, 7) is 2.18. The van der Waals surface area contributed by atoms with Crippen molar-refractivity contribution in [1.29, 1.82) is 0 Å². The van der Waals surface area contributed by atoms with E-state index in [1.165, 1.54) is 18.2 Å². The molecule has 0 aliphatic rings. The Morgan fingerprint density at radius 2 is 1.84 bits per heavy atom. The average molecular weight is 418 g/mol. The van der Waals surface area contributed by atoms with E-state index in [2.05, 4.69) is 5.32 Å². The number of nitro groups is 1. The zero-order chi connectivity index (χ0) is 22.2. The predicted molar refractivity (Wildman–Crippen MR) is 119 cm³/mol. The van der Waals surface area contributed by atoms with Crippen LogP contribution in [0, 0.1) is 17.0 Å². The van der Waals surface area contributed by atoms with Crippen LogP contribution < -0.4 is 14.8 Å². The fraction of sp³-hybridized carbons (Fsp3) is 0.125. The van der Waals surface area contributed by atoms with Crippen LogP contribution in [-0.2, 0) is 11.4 Å². The summed E-state index contributed by atoms with van der Waals surface area (Å²) in [7, 11) is 1.55. The monoisotopic (exact) mass is 418 g/mol. The van der Waals surface area contributed by atoms with Gasteiger partial charge in [0.2, 0.25) is 5.91 Å². The van der Waals surface area contributed by atoms with Crippen LogP contribution in [0.3, 0.4) is 0 Å². The van der Waals surface area contributed by atoms with Crippen molar-refractivity contribution in [2.45, 2.75) is 13.5 Å². The zero-order valence-electron chi connectivity index (χ0n) is 17.2. The Kier molecular flexibility index (Phi) is 7.01. The highest BCUT2D eigenvalue weighted by atomic mass is 16.6. The maximum atomic E-state index is 12.3. The molecule has 0 saturated carbocycles. The third kappa shape index (κ3) is 5.93. The summed E-state index contributed by atoms with van der Waals surface area (Å²) in [4.78, 5) is 22.7. The number of hydrogen-bond acceptors (Lipinski definition) is 5. The molecule has 1 amide bonds. The Balaban J connectivity index is 1.67. The molecule has 1 N–H and O–H groups in total. The van der Waals surface area contributed by atoms with Crippen molar-refractivity contribution >= 4 is 23.4 Å². The highest BCUT2D eigenvalue weighted by Gasteiger charge is 2.10. The lowest BCUT2D eigenvalue weighted by Crippen LogP contribution is -2.09. The Labute approximate surface area is 180 Å². The molecular formula is C24H22N2O5. The van der Waals surface area contributed by atoms with Gasteiger partial charge in [-0.3, -0.25) is 14.9 Å². The van der Waals surface area contributed by atoms with Crippen molar-refractivity contribution < 1.29 is 19.2 Å². The fourth-order valence-corrected chi connectivity index (χ4v) is 2.85. The van der Waals surface area contributed by atoms with Crippen molar-refractivity contribution in [2.24, 2.45) is 0 Å². The molecule has 0 radical (unpaired) electrons. The minimum atomic E-state index is -0.501. The van der Waals surface area contributed by atoms with Gasteiger partial charge in [-0.05, 0) is 41.8 Å². The molecule has 3 aromatic rings. The maximum Gasteiger partial charge on any atom is 0.271 e. The molecule has 158 valence electrons. The normalized spacial score (nSPS) is 10.6. The summed E-state index contributed by atoms with van der Waals surface area (Å²) in [6, 6.07) is 19.5. The Morgan fingerprint density at radius 3 is 2.55 bits per heavy atom. The van der Waals surface area contributed by atoms with E-state index in [0.717, 1.165) is 16.7 Å². The summed E-state index contributed by atoms with van der Waals surface area (Å²) in [5, 5.41) is 13.6. The van der Waals surface area contributed by atoms with E-state index < -0.39 is 10.8 Å². The van der Waals surface area contributed by atoms with Gasteiger partial charge >= 0.3 is 0 Å². The van der Waals surface area contributed by atoms with Crippen molar-refractivity contribution in [3.8, 4) is 11.5 Å². The van der Waals surface area contributed by atoms with Gasteiger partial charge in [0.05, 0.1) is 17.7 Å². The molecule has 0 bridgehead atoms. The molecule has 0 aromatic heterocycles. The number of benzene rings is 3. The number of nitro benzene ring substituents is 1. The van der Waals surface area contributed by atoms with Gasteiger partial charge in [-0.15, -0.1) is 0 Å². The molecule has 7 nitrogen and oxygen atoms in total. The number of amides is 1. The third-order valence-electron chi connectivity index (χ3n) is 4.54. The van der Waals surface area contributed by atoms with E-state index in [4.69, 9.17) is 9.47 Å². The molecular weight excluding hydrogens is 396 g/mol. The smallest absolute Gasteiger partial charge is 0.271 e. The Morgan fingerprint density at radius 1 is 1.06 bits per heavy atom. The number of ether oxygens (including phenoxy) is 2. The van der Waals surface area contributed by atoms with E-state index in [-0.39, 0.29) is 5.69 Å². The second-order valence-corrected chi connectivity index (χ2v) is 6.76. The van der Waals surface area contributed by atoms with Gasteiger partial charge in [-0.1, -0.05) is 42.5 Å². The number of rotatable bonds is 8. The molecule has 0 heterocycles. The number of carbonyl (C=O) groups is 1. The number of methoxy groups -OCH3 is 1. The Bertz CT molecular complexity index is 1110. The minimum absolute atomic E-state index is 0.0827. The molecule has 0 saturated heterocycles. The number of carbonyl (C=O) groups excluding carboxylic acids is 1. The van der Waals surface area contributed by atoms with Crippen molar-refractivity contribution in [3.63, 3.8) is 0 Å². The van der Waals surface area contributed by atoms with Crippen molar-refractivity contribution in [2.75, 3.05) is 12.4 Å². The number of nitrogens with zero attached hydrogens (tertiary/aromatic N) is 1. The first-order valence-corrected chi connectivity index (χ1v) is 9.55. The largest absolute Gasteiger partial charge is 0.493 e. The summed E-state index contributed by atoms with van der Waals surface area (Å²) < 4.78 is 11.2. The minimum Gasteiger partial charge on any atom is -0.493 e. The average Bonchev–Trinajstić information content (AvgIpc) is 2.78. The second-order valence-electron chi connectivity index (χ2n) is 6.76. The third-order valence-corrected chi connectivity index (χ3v) is 4.54. The zero-order valence-corrected chi connectivity index (χ0v) is 17.2. The molecule has 0 aliphatic heterocycles. The number of nitrogens with one attached hydrogen (secondary N) is 1. The summed E-state index contributed by atoms with van der Waals surface area (Å²) in [5.41, 5.74) is 2.83. The number of aryl methyl sites for hydroxylation is 1. The Hall–Kier alpha value is -4.13. The first kappa shape index (κ1) is 21.6. The second kappa shape index (κ2) is 10.1. The molecule has 0 aliphatic carbocycles. The van der Waals surface area contributed by atoms with Gasteiger partial charge in [0.25, 0.3) is 5.69 Å². The fourth-order valence-electron chi connectivity index (χ4n) is 2.85. The van der Waals surface area contributed by atoms with Gasteiger partial charge in [-0.25, -0.2) is 0 Å². The van der Waals surface area contributed by atoms with E-state index in [0.29, 0.717) is 23.8 Å². The molecule has 3 aromatic carbocycles. The van der Waals surface area contributed by atoms with Crippen LogP contribution in [0.15, 0.2) is 72.8 Å². The topological polar surface area (TPSA) is 90.7 Å². The molecule has 0 atom stereocenters. The van der Waals surface area contributed by atoms with Crippen LogP contribution in [0.5, 0.6) is 11.5 Å². The molecule has 0 fully saturated rings. The van der Waals surface area contributed by atoms with Gasteiger partial charge in [0.15, 0.2) is 11.5 Å². The summed E-state index contributed by atoms with van der Waals surface area (Å²) >= 11 is 0. The lowest BCUT2D eigenvalue weighted by molar-refractivity contribution is -0.384. The quantitative estimate of drug-likeness (QED) is 0.311. The van der Waals surface area contributed by atoms with Crippen LogP contribution in [0.25, 0.3) is 6.08 Å². The highest BCUT2D eigenvalue weighted by Crippen LogP contribution is 2.29. The van der Waals surface area contributed by atoms with Gasteiger partial charge in [-0.2, -0.15) is 0 Å².